The topological polar surface area (TPSA) is 213 Å². The average molecular weight is 686 g/mol. The van der Waals surface area contributed by atoms with Crippen LogP contribution in [0.4, 0.5) is 11.4 Å². The summed E-state index contributed by atoms with van der Waals surface area (Å²) in [4.78, 5) is 58.7. The first-order valence-electron chi connectivity index (χ1n) is 15.2. The third-order valence-corrected chi connectivity index (χ3v) is 9.13. The van der Waals surface area contributed by atoms with Gasteiger partial charge in [-0.25, -0.2) is 8.42 Å². The van der Waals surface area contributed by atoms with E-state index in [0.717, 1.165) is 5.39 Å². The molecule has 5 N–H and O–H groups in total. The van der Waals surface area contributed by atoms with Crippen molar-refractivity contribution in [1.29, 1.82) is 0 Å². The van der Waals surface area contributed by atoms with Crippen molar-refractivity contribution >= 4 is 56.1 Å². The lowest BCUT2D eigenvalue weighted by Gasteiger charge is -2.32. The lowest BCUT2D eigenvalue weighted by molar-refractivity contribution is -0.140. The Morgan fingerprint density at radius 1 is 0.625 bits per heavy atom. The molecule has 16 nitrogen and oxygen atoms in total. The third-order valence-electron chi connectivity index (χ3n) is 7.70. The maximum Gasteiger partial charge on any atom is 0.317 e. The van der Waals surface area contributed by atoms with E-state index >= 15 is 0 Å². The van der Waals surface area contributed by atoms with Gasteiger partial charge in [-0.1, -0.05) is 30.3 Å². The number of sulfonamides is 1. The van der Waals surface area contributed by atoms with Gasteiger partial charge in [-0.2, -0.15) is 0 Å². The lowest BCUT2D eigenvalue weighted by atomic mass is 10.2. The molecule has 0 bridgehead atoms. The van der Waals surface area contributed by atoms with Gasteiger partial charge in [0.25, 0.3) is 10.0 Å². The van der Waals surface area contributed by atoms with Crippen LogP contribution in [0.25, 0.3) is 10.9 Å². The number of anilines is 2. The number of carboxylic acids is 3. The number of rotatable bonds is 12. The van der Waals surface area contributed by atoms with Crippen LogP contribution in [-0.2, 0) is 29.2 Å². The molecule has 0 radical (unpaired) electrons. The summed E-state index contributed by atoms with van der Waals surface area (Å²) in [6.07, 6.45) is 1.56. The van der Waals surface area contributed by atoms with Crippen molar-refractivity contribution < 1.29 is 42.9 Å². The molecule has 1 aliphatic heterocycles. The highest BCUT2D eigenvalue weighted by Crippen LogP contribution is 2.27. The Hall–Kier alpha value is -4.68. The number of hydrogen-bond acceptors (Lipinski definition) is 11. The fourth-order valence-corrected chi connectivity index (χ4v) is 6.60. The molecule has 2 aromatic carbocycles. The van der Waals surface area contributed by atoms with Gasteiger partial charge in [0.15, 0.2) is 0 Å². The highest BCUT2D eigenvalue weighted by atomic mass is 32.2. The van der Waals surface area contributed by atoms with Crippen molar-refractivity contribution in [2.24, 2.45) is 0 Å². The van der Waals surface area contributed by atoms with E-state index in [4.69, 9.17) is 0 Å². The number of hydrogen-bond donors (Lipinski definition) is 5. The van der Waals surface area contributed by atoms with Gasteiger partial charge in [-0.15, -0.1) is 0 Å². The maximum atomic E-state index is 13.5. The highest BCUT2D eigenvalue weighted by Gasteiger charge is 2.24. The summed E-state index contributed by atoms with van der Waals surface area (Å²) < 4.78 is 29.7. The fourth-order valence-electron chi connectivity index (χ4n) is 5.37. The molecule has 17 heteroatoms. The van der Waals surface area contributed by atoms with Crippen molar-refractivity contribution in [2.75, 3.05) is 88.6 Å². The van der Waals surface area contributed by atoms with Crippen molar-refractivity contribution in [1.82, 2.24) is 24.6 Å². The average Bonchev–Trinajstić information content (AvgIpc) is 3.02. The minimum absolute atomic E-state index is 0.0519. The molecule has 0 atom stereocenters. The van der Waals surface area contributed by atoms with Crippen molar-refractivity contribution in [3.63, 3.8) is 0 Å². The van der Waals surface area contributed by atoms with Crippen LogP contribution >= 0.6 is 0 Å². The van der Waals surface area contributed by atoms with Crippen LogP contribution in [0, 0.1) is 0 Å². The summed E-state index contributed by atoms with van der Waals surface area (Å²) in [5.41, 5.74) is 0.788. The van der Waals surface area contributed by atoms with Crippen LogP contribution < -0.4 is 10.0 Å². The molecule has 1 saturated heterocycles. The Kier molecular flexibility index (Phi) is 12.8. The number of aromatic nitrogens is 1. The number of amides is 1. The number of carbonyl (C=O) groups is 4. The molecule has 1 fully saturated rings. The second kappa shape index (κ2) is 16.9. The largest absolute Gasteiger partial charge is 0.480 e. The number of fused-ring (bicyclic) bond motifs is 1. The molecule has 0 aliphatic carbocycles. The van der Waals surface area contributed by atoms with Gasteiger partial charge in [-0.05, 0) is 24.3 Å². The molecule has 3 aromatic rings. The molecule has 0 saturated carbocycles. The molecule has 1 aromatic heterocycles. The predicted molar refractivity (Wildman–Crippen MR) is 176 cm³/mol. The Morgan fingerprint density at radius 2 is 1.08 bits per heavy atom. The van der Waals surface area contributed by atoms with Gasteiger partial charge >= 0.3 is 17.9 Å². The molecule has 2 heterocycles. The minimum atomic E-state index is -4.17. The normalized spacial score (nSPS) is 16.4. The second-order valence-electron chi connectivity index (χ2n) is 11.3. The van der Waals surface area contributed by atoms with E-state index in [1.54, 1.807) is 50.1 Å². The van der Waals surface area contributed by atoms with Crippen LogP contribution in [-0.4, -0.2) is 151 Å². The first kappa shape index (κ1) is 36.2. The fraction of sp³-hybridized carbons (Fsp3) is 0.387. The number of nitrogens with zero attached hydrogens (tertiary/aromatic N) is 5. The number of carboxylic acid groups (broad SMARTS) is 3. The van der Waals surface area contributed by atoms with Gasteiger partial charge < -0.3 is 20.6 Å². The molecule has 1 amide bonds. The van der Waals surface area contributed by atoms with Gasteiger partial charge in [0.2, 0.25) is 5.91 Å². The first-order valence-corrected chi connectivity index (χ1v) is 16.7. The molecular weight excluding hydrogens is 646 g/mol. The highest BCUT2D eigenvalue weighted by molar-refractivity contribution is 7.93. The summed E-state index contributed by atoms with van der Waals surface area (Å²) >= 11 is 0. The van der Waals surface area contributed by atoms with Crippen LogP contribution in [0.5, 0.6) is 0 Å². The Labute approximate surface area is 277 Å². The van der Waals surface area contributed by atoms with Crippen molar-refractivity contribution in [3.8, 4) is 0 Å². The second-order valence-corrected chi connectivity index (χ2v) is 13.0. The molecular formula is C31H39N7O9S. The monoisotopic (exact) mass is 685 g/mol. The van der Waals surface area contributed by atoms with E-state index in [9.17, 15) is 42.9 Å². The summed E-state index contributed by atoms with van der Waals surface area (Å²) in [6, 6.07) is 14.6. The minimum Gasteiger partial charge on any atom is -0.480 e. The van der Waals surface area contributed by atoms with E-state index in [2.05, 4.69) is 15.0 Å². The summed E-state index contributed by atoms with van der Waals surface area (Å²) in [5, 5.41) is 31.7. The molecule has 48 heavy (non-hydrogen) atoms. The summed E-state index contributed by atoms with van der Waals surface area (Å²) in [6.45, 7) is 0.831. The standard InChI is InChI=1S/C31H39N7O9S/c39-27(33-24-7-1-2-9-26(24)48(46,47)34-25-8-3-5-23-6-4-10-32-31(23)25)19-35-11-13-36(20-28(40)41)15-17-38(22-30(44)45)18-16-37(14-12-35)21-29(42)43/h1-10,34H,11-22H2,(H,33,39)(H,40,41)(H,42,43)(H,44,45). The number of carbonyl (C=O) groups excluding carboxylic acids is 1. The number of pyridine rings is 1. The quantitative estimate of drug-likeness (QED) is 0.175. The zero-order chi connectivity index (χ0) is 34.7. The van der Waals surface area contributed by atoms with Gasteiger partial charge in [0.1, 0.15) is 4.90 Å². The van der Waals surface area contributed by atoms with Crippen molar-refractivity contribution in [3.05, 3.63) is 60.8 Å². The number of benzene rings is 2. The van der Waals surface area contributed by atoms with E-state index in [-0.39, 0.29) is 94.8 Å². The molecule has 258 valence electrons. The summed E-state index contributed by atoms with van der Waals surface area (Å²) in [7, 11) is -4.17. The Balaban J connectivity index is 1.50. The van der Waals surface area contributed by atoms with E-state index in [1.165, 1.54) is 18.2 Å². The summed E-state index contributed by atoms with van der Waals surface area (Å²) in [5.74, 6) is -3.70. The Bertz CT molecular complexity index is 1690. The zero-order valence-electron chi connectivity index (χ0n) is 26.2. The predicted octanol–water partition coefficient (Wildman–Crippen LogP) is 0.450. The SMILES string of the molecule is O=C(O)CN1CCN(CC(=O)O)CCN(CC(=O)Nc2ccccc2S(=O)(=O)Nc2cccc3cccnc23)CCN(CC(=O)O)CC1. The van der Waals surface area contributed by atoms with Gasteiger partial charge in [0, 0.05) is 63.9 Å². The zero-order valence-corrected chi connectivity index (χ0v) is 27.0. The molecule has 0 spiro atoms. The van der Waals surface area contributed by atoms with Crippen LogP contribution in [0.3, 0.4) is 0 Å². The van der Waals surface area contributed by atoms with E-state index < -0.39 is 33.8 Å². The van der Waals surface area contributed by atoms with E-state index in [0.29, 0.717) is 5.52 Å². The third kappa shape index (κ3) is 11.0. The number of aliphatic carboxylic acids is 3. The number of para-hydroxylation sites is 2. The van der Waals surface area contributed by atoms with Gasteiger partial charge in [0.05, 0.1) is 43.1 Å². The van der Waals surface area contributed by atoms with Crippen LogP contribution in [0.1, 0.15) is 0 Å². The Morgan fingerprint density at radius 3 is 1.60 bits per heavy atom. The smallest absolute Gasteiger partial charge is 0.317 e. The van der Waals surface area contributed by atoms with Crippen LogP contribution in [0.15, 0.2) is 65.7 Å². The van der Waals surface area contributed by atoms with Crippen molar-refractivity contribution in [2.45, 2.75) is 4.90 Å². The molecule has 1 aliphatic rings. The van der Waals surface area contributed by atoms with E-state index in [1.807, 2.05) is 12.1 Å². The number of nitrogens with one attached hydrogen (secondary N) is 2. The maximum absolute atomic E-state index is 13.5. The molecule has 4 rings (SSSR count). The lowest BCUT2D eigenvalue weighted by Crippen LogP contribution is -2.49. The van der Waals surface area contributed by atoms with Crippen LogP contribution in [0.2, 0.25) is 0 Å². The van der Waals surface area contributed by atoms with Gasteiger partial charge in [-0.3, -0.25) is 48.5 Å². The molecule has 0 unspecified atom stereocenters. The first-order chi connectivity index (χ1) is 22.9.